The molecule has 1 saturated carbocycles. The first-order valence-electron chi connectivity index (χ1n) is 6.19. The number of anilines is 1. The lowest BCUT2D eigenvalue weighted by atomic mass is 9.92. The second-order valence-corrected chi connectivity index (χ2v) is 4.74. The zero-order chi connectivity index (χ0) is 11.7. The topological polar surface area (TPSA) is 64.1 Å². The summed E-state index contributed by atoms with van der Waals surface area (Å²) >= 11 is 0. The van der Waals surface area contributed by atoms with Gasteiger partial charge >= 0.3 is 0 Å². The van der Waals surface area contributed by atoms with Crippen molar-refractivity contribution in [2.45, 2.75) is 37.8 Å². The molecule has 1 aromatic heterocycles. The van der Waals surface area contributed by atoms with E-state index in [4.69, 9.17) is 10.2 Å². The molecule has 0 aliphatic heterocycles. The van der Waals surface area contributed by atoms with E-state index in [1.807, 2.05) is 24.3 Å². The molecule has 1 aliphatic rings. The van der Waals surface area contributed by atoms with Crippen LogP contribution in [0.15, 0.2) is 28.7 Å². The second kappa shape index (κ2) is 4.37. The third kappa shape index (κ3) is 2.26. The number of nitrogens with zero attached hydrogens (tertiary/aromatic N) is 1. The van der Waals surface area contributed by atoms with Gasteiger partial charge in [0.25, 0.3) is 6.01 Å². The van der Waals surface area contributed by atoms with E-state index in [2.05, 4.69) is 10.3 Å². The van der Waals surface area contributed by atoms with Gasteiger partial charge in [0.2, 0.25) is 0 Å². The van der Waals surface area contributed by atoms with Crippen LogP contribution in [0.25, 0.3) is 11.1 Å². The van der Waals surface area contributed by atoms with E-state index >= 15 is 0 Å². The van der Waals surface area contributed by atoms with E-state index in [1.54, 1.807) is 0 Å². The molecule has 3 N–H and O–H groups in total. The Morgan fingerprint density at radius 1 is 1.18 bits per heavy atom. The number of hydrogen-bond acceptors (Lipinski definition) is 4. The Kier molecular flexibility index (Phi) is 2.73. The largest absolute Gasteiger partial charge is 0.424 e. The van der Waals surface area contributed by atoms with Crippen LogP contribution >= 0.6 is 0 Å². The highest BCUT2D eigenvalue weighted by molar-refractivity contribution is 5.74. The van der Waals surface area contributed by atoms with Crippen LogP contribution in [0, 0.1) is 0 Å². The fourth-order valence-corrected chi connectivity index (χ4v) is 2.37. The maximum Gasteiger partial charge on any atom is 0.295 e. The van der Waals surface area contributed by atoms with Crippen molar-refractivity contribution < 1.29 is 4.42 Å². The molecule has 4 nitrogen and oxygen atoms in total. The van der Waals surface area contributed by atoms with Gasteiger partial charge in [0.05, 0.1) is 0 Å². The van der Waals surface area contributed by atoms with Crippen molar-refractivity contribution in [2.24, 2.45) is 5.73 Å². The van der Waals surface area contributed by atoms with E-state index in [1.165, 1.54) is 0 Å². The molecule has 0 saturated heterocycles. The number of nitrogens with one attached hydrogen (secondary N) is 1. The number of hydrogen-bond donors (Lipinski definition) is 2. The molecule has 2 aromatic rings. The number of aromatic nitrogens is 1. The van der Waals surface area contributed by atoms with Gasteiger partial charge in [-0.3, -0.25) is 0 Å². The number of rotatable bonds is 2. The van der Waals surface area contributed by atoms with Gasteiger partial charge in [0.15, 0.2) is 5.58 Å². The van der Waals surface area contributed by atoms with Gasteiger partial charge in [-0.15, -0.1) is 0 Å². The number of para-hydroxylation sites is 2. The van der Waals surface area contributed by atoms with Crippen LogP contribution in [-0.2, 0) is 0 Å². The quantitative estimate of drug-likeness (QED) is 0.833. The Morgan fingerprint density at radius 2 is 1.94 bits per heavy atom. The van der Waals surface area contributed by atoms with Gasteiger partial charge in [0, 0.05) is 12.1 Å². The van der Waals surface area contributed by atoms with Crippen LogP contribution in [-0.4, -0.2) is 17.1 Å². The Balaban J connectivity index is 1.72. The van der Waals surface area contributed by atoms with Crippen molar-refractivity contribution in [2.75, 3.05) is 5.32 Å². The van der Waals surface area contributed by atoms with Crippen LogP contribution in [0.5, 0.6) is 0 Å². The molecule has 0 bridgehead atoms. The van der Waals surface area contributed by atoms with Crippen molar-refractivity contribution in [3.05, 3.63) is 24.3 Å². The summed E-state index contributed by atoms with van der Waals surface area (Å²) in [5.41, 5.74) is 7.63. The van der Waals surface area contributed by atoms with E-state index in [0.29, 0.717) is 18.1 Å². The molecule has 3 rings (SSSR count). The van der Waals surface area contributed by atoms with Gasteiger partial charge in [-0.25, -0.2) is 0 Å². The fourth-order valence-electron chi connectivity index (χ4n) is 2.37. The molecule has 1 aliphatic carbocycles. The maximum atomic E-state index is 5.88. The molecule has 0 radical (unpaired) electrons. The molecule has 1 heterocycles. The third-order valence-electron chi connectivity index (χ3n) is 3.39. The summed E-state index contributed by atoms with van der Waals surface area (Å²) in [5.74, 6) is 0. The van der Waals surface area contributed by atoms with Gasteiger partial charge in [0.1, 0.15) is 5.52 Å². The number of fused-ring (bicyclic) bond motifs is 1. The molecule has 90 valence electrons. The Bertz CT molecular complexity index is 467. The zero-order valence-corrected chi connectivity index (χ0v) is 9.73. The third-order valence-corrected chi connectivity index (χ3v) is 3.39. The Labute approximate surface area is 100 Å². The SMILES string of the molecule is NC1CCC(Nc2nc3ccccc3o2)CC1. The molecule has 0 unspecified atom stereocenters. The molecular weight excluding hydrogens is 214 g/mol. The first-order chi connectivity index (χ1) is 8.31. The predicted octanol–water partition coefficient (Wildman–Crippen LogP) is 2.51. The van der Waals surface area contributed by atoms with Gasteiger partial charge in [-0.1, -0.05) is 12.1 Å². The number of benzene rings is 1. The van der Waals surface area contributed by atoms with E-state index < -0.39 is 0 Å². The molecule has 0 spiro atoms. The zero-order valence-electron chi connectivity index (χ0n) is 9.73. The van der Waals surface area contributed by atoms with Crippen LogP contribution in [0.3, 0.4) is 0 Å². The highest BCUT2D eigenvalue weighted by Gasteiger charge is 2.19. The highest BCUT2D eigenvalue weighted by Crippen LogP contribution is 2.23. The lowest BCUT2D eigenvalue weighted by Gasteiger charge is -2.25. The number of oxazole rings is 1. The van der Waals surface area contributed by atoms with Gasteiger partial charge in [-0.2, -0.15) is 4.98 Å². The predicted molar refractivity (Wildman–Crippen MR) is 67.9 cm³/mol. The fraction of sp³-hybridized carbons (Fsp3) is 0.462. The first-order valence-corrected chi connectivity index (χ1v) is 6.19. The van der Waals surface area contributed by atoms with Crippen molar-refractivity contribution in [1.82, 2.24) is 4.98 Å². The lowest BCUT2D eigenvalue weighted by molar-refractivity contribution is 0.404. The molecule has 4 heteroatoms. The van der Waals surface area contributed by atoms with Gasteiger partial charge in [-0.05, 0) is 37.8 Å². The Hall–Kier alpha value is -1.55. The Morgan fingerprint density at radius 3 is 2.71 bits per heavy atom. The summed E-state index contributed by atoms with van der Waals surface area (Å²) in [6.45, 7) is 0. The van der Waals surface area contributed by atoms with Crippen molar-refractivity contribution in [3.63, 3.8) is 0 Å². The van der Waals surface area contributed by atoms with E-state index in [9.17, 15) is 0 Å². The van der Waals surface area contributed by atoms with Crippen LogP contribution in [0.4, 0.5) is 6.01 Å². The van der Waals surface area contributed by atoms with E-state index in [-0.39, 0.29) is 0 Å². The van der Waals surface area contributed by atoms with Crippen LogP contribution in [0.2, 0.25) is 0 Å². The molecular formula is C13H17N3O. The standard InChI is InChI=1S/C13H17N3O/c14-9-5-7-10(8-6-9)15-13-16-11-3-1-2-4-12(11)17-13/h1-4,9-10H,5-8,14H2,(H,15,16). The summed E-state index contributed by atoms with van der Waals surface area (Å²) in [5, 5.41) is 3.36. The first kappa shape index (κ1) is 10.6. The second-order valence-electron chi connectivity index (χ2n) is 4.74. The minimum atomic E-state index is 0.372. The monoisotopic (exact) mass is 231 g/mol. The maximum absolute atomic E-state index is 5.88. The number of nitrogens with two attached hydrogens (primary N) is 1. The molecule has 17 heavy (non-hydrogen) atoms. The van der Waals surface area contributed by atoms with Crippen LogP contribution < -0.4 is 11.1 Å². The van der Waals surface area contributed by atoms with Crippen molar-refractivity contribution in [3.8, 4) is 0 Å². The average Bonchev–Trinajstić information content (AvgIpc) is 2.74. The lowest BCUT2D eigenvalue weighted by Crippen LogP contribution is -2.32. The molecule has 0 atom stereocenters. The minimum absolute atomic E-state index is 0.372. The summed E-state index contributed by atoms with van der Waals surface area (Å²) in [7, 11) is 0. The van der Waals surface area contributed by atoms with Crippen molar-refractivity contribution >= 4 is 17.1 Å². The van der Waals surface area contributed by atoms with Crippen molar-refractivity contribution in [1.29, 1.82) is 0 Å². The molecule has 0 amide bonds. The molecule has 1 fully saturated rings. The highest BCUT2D eigenvalue weighted by atomic mass is 16.4. The normalized spacial score (nSPS) is 25.0. The summed E-state index contributed by atoms with van der Waals surface area (Å²) in [6, 6.07) is 9.27. The van der Waals surface area contributed by atoms with Crippen LogP contribution in [0.1, 0.15) is 25.7 Å². The van der Waals surface area contributed by atoms with Gasteiger partial charge < -0.3 is 15.5 Å². The summed E-state index contributed by atoms with van der Waals surface area (Å²) in [6.07, 6.45) is 4.36. The molecule has 1 aromatic carbocycles. The minimum Gasteiger partial charge on any atom is -0.424 e. The summed E-state index contributed by atoms with van der Waals surface area (Å²) < 4.78 is 5.64. The summed E-state index contributed by atoms with van der Waals surface area (Å²) in [4.78, 5) is 4.42. The van der Waals surface area contributed by atoms with E-state index in [0.717, 1.165) is 36.8 Å². The smallest absolute Gasteiger partial charge is 0.295 e. The average molecular weight is 231 g/mol.